The SMILES string of the molecule is CCc1oc(C(=O)N2CCN(S(=O)(=O)c3ccccc3)CC2)cc1C(=O)O. The summed E-state index contributed by atoms with van der Waals surface area (Å²) in [6, 6.07) is 9.38. The van der Waals surface area contributed by atoms with Crippen LogP contribution in [0, 0.1) is 0 Å². The number of carboxylic acids is 1. The van der Waals surface area contributed by atoms with Crippen LogP contribution in [0.25, 0.3) is 0 Å². The van der Waals surface area contributed by atoms with E-state index in [9.17, 15) is 23.1 Å². The number of aryl methyl sites for hydroxylation is 1. The first kappa shape index (κ1) is 19.1. The number of carbonyl (C=O) groups is 2. The van der Waals surface area contributed by atoms with Crippen LogP contribution in [0.1, 0.15) is 33.6 Å². The Labute approximate surface area is 157 Å². The summed E-state index contributed by atoms with van der Waals surface area (Å²) < 4.78 is 32.0. The lowest BCUT2D eigenvalue weighted by Gasteiger charge is -2.33. The van der Waals surface area contributed by atoms with E-state index in [0.29, 0.717) is 6.42 Å². The highest BCUT2D eigenvalue weighted by atomic mass is 32.2. The van der Waals surface area contributed by atoms with Gasteiger partial charge >= 0.3 is 5.97 Å². The monoisotopic (exact) mass is 392 g/mol. The molecule has 1 saturated heterocycles. The van der Waals surface area contributed by atoms with E-state index >= 15 is 0 Å². The minimum absolute atomic E-state index is 0.0221. The first-order chi connectivity index (χ1) is 12.8. The Morgan fingerprint density at radius 2 is 1.74 bits per heavy atom. The molecule has 1 fully saturated rings. The number of amides is 1. The summed E-state index contributed by atoms with van der Waals surface area (Å²) in [5.74, 6) is -1.37. The van der Waals surface area contributed by atoms with E-state index in [-0.39, 0.29) is 48.2 Å². The average Bonchev–Trinajstić information content (AvgIpc) is 3.13. The summed E-state index contributed by atoms with van der Waals surface area (Å²) in [6.07, 6.45) is 0.359. The fourth-order valence-corrected chi connectivity index (χ4v) is 4.45. The predicted molar refractivity (Wildman–Crippen MR) is 96.1 cm³/mol. The van der Waals surface area contributed by atoms with Gasteiger partial charge in [-0.3, -0.25) is 4.79 Å². The van der Waals surface area contributed by atoms with Gasteiger partial charge in [-0.05, 0) is 12.1 Å². The molecule has 1 amide bonds. The van der Waals surface area contributed by atoms with Gasteiger partial charge in [0.2, 0.25) is 10.0 Å². The molecule has 0 bridgehead atoms. The van der Waals surface area contributed by atoms with Gasteiger partial charge in [-0.15, -0.1) is 0 Å². The number of benzene rings is 1. The van der Waals surface area contributed by atoms with Gasteiger partial charge in [0.25, 0.3) is 5.91 Å². The highest BCUT2D eigenvalue weighted by Crippen LogP contribution is 2.21. The van der Waals surface area contributed by atoms with E-state index in [1.54, 1.807) is 25.1 Å². The summed E-state index contributed by atoms with van der Waals surface area (Å²) in [5.41, 5.74) is -0.0221. The number of carbonyl (C=O) groups excluding carboxylic acids is 1. The van der Waals surface area contributed by atoms with Crippen LogP contribution in [0.5, 0.6) is 0 Å². The quantitative estimate of drug-likeness (QED) is 0.829. The summed E-state index contributed by atoms with van der Waals surface area (Å²) in [7, 11) is -3.60. The number of piperazine rings is 1. The molecule has 0 spiro atoms. The fourth-order valence-electron chi connectivity index (χ4n) is 3.01. The lowest BCUT2D eigenvalue weighted by atomic mass is 10.2. The first-order valence-corrected chi connectivity index (χ1v) is 9.99. The van der Waals surface area contributed by atoms with Crippen molar-refractivity contribution in [2.75, 3.05) is 26.2 Å². The van der Waals surface area contributed by atoms with Gasteiger partial charge in [0.05, 0.1) is 4.90 Å². The van der Waals surface area contributed by atoms with Crippen molar-refractivity contribution in [2.24, 2.45) is 0 Å². The van der Waals surface area contributed by atoms with Gasteiger partial charge in [-0.25, -0.2) is 13.2 Å². The van der Waals surface area contributed by atoms with Crippen molar-refractivity contribution in [1.82, 2.24) is 9.21 Å². The van der Waals surface area contributed by atoms with Crippen LogP contribution in [0.15, 0.2) is 45.7 Å². The highest BCUT2D eigenvalue weighted by Gasteiger charge is 2.32. The van der Waals surface area contributed by atoms with Gasteiger partial charge < -0.3 is 14.4 Å². The van der Waals surface area contributed by atoms with Crippen LogP contribution in [-0.4, -0.2) is 60.8 Å². The van der Waals surface area contributed by atoms with Gasteiger partial charge in [-0.2, -0.15) is 4.31 Å². The Bertz CT molecular complexity index is 943. The zero-order valence-electron chi connectivity index (χ0n) is 14.8. The predicted octanol–water partition coefficient (Wildman–Crippen LogP) is 1.69. The first-order valence-electron chi connectivity index (χ1n) is 8.55. The maximum atomic E-state index is 12.6. The maximum Gasteiger partial charge on any atom is 0.339 e. The molecular formula is C18H20N2O6S. The van der Waals surface area contributed by atoms with Gasteiger partial charge in [0.1, 0.15) is 11.3 Å². The molecule has 0 unspecified atom stereocenters. The lowest BCUT2D eigenvalue weighted by Crippen LogP contribution is -2.50. The zero-order chi connectivity index (χ0) is 19.6. The number of hydrogen-bond acceptors (Lipinski definition) is 5. The number of sulfonamides is 1. The maximum absolute atomic E-state index is 12.6. The summed E-state index contributed by atoms with van der Waals surface area (Å²) in [5, 5.41) is 9.18. The van der Waals surface area contributed by atoms with Crippen molar-refractivity contribution in [2.45, 2.75) is 18.2 Å². The molecular weight excluding hydrogens is 372 g/mol. The summed E-state index contributed by atoms with van der Waals surface area (Å²) >= 11 is 0. The molecule has 9 heteroatoms. The Morgan fingerprint density at radius 3 is 2.26 bits per heavy atom. The Balaban J connectivity index is 1.71. The van der Waals surface area contributed by atoms with Crippen molar-refractivity contribution in [3.8, 4) is 0 Å². The van der Waals surface area contributed by atoms with E-state index in [0.717, 1.165) is 0 Å². The van der Waals surface area contributed by atoms with Crippen molar-refractivity contribution >= 4 is 21.9 Å². The molecule has 1 aromatic carbocycles. The minimum Gasteiger partial charge on any atom is -0.478 e. The van der Waals surface area contributed by atoms with Crippen LogP contribution >= 0.6 is 0 Å². The Kier molecular flexibility index (Phi) is 5.33. The van der Waals surface area contributed by atoms with Gasteiger partial charge in [-0.1, -0.05) is 25.1 Å². The molecule has 27 heavy (non-hydrogen) atoms. The molecule has 0 radical (unpaired) electrons. The van der Waals surface area contributed by atoms with Crippen molar-refractivity contribution in [3.63, 3.8) is 0 Å². The van der Waals surface area contributed by atoms with Crippen LogP contribution < -0.4 is 0 Å². The number of carboxylic acid groups (broad SMARTS) is 1. The molecule has 1 aromatic heterocycles. The molecule has 2 heterocycles. The molecule has 0 atom stereocenters. The third kappa shape index (κ3) is 3.74. The third-order valence-corrected chi connectivity index (χ3v) is 6.39. The highest BCUT2D eigenvalue weighted by molar-refractivity contribution is 7.89. The normalized spacial score (nSPS) is 15.7. The molecule has 144 valence electrons. The molecule has 0 aliphatic carbocycles. The van der Waals surface area contributed by atoms with E-state index in [1.807, 2.05) is 0 Å². The number of aromatic carboxylic acids is 1. The second kappa shape index (κ2) is 7.53. The van der Waals surface area contributed by atoms with Crippen LogP contribution in [-0.2, 0) is 16.4 Å². The van der Waals surface area contributed by atoms with Crippen molar-refractivity contribution < 1.29 is 27.5 Å². The van der Waals surface area contributed by atoms with Gasteiger partial charge in [0, 0.05) is 38.7 Å². The van der Waals surface area contributed by atoms with Gasteiger partial charge in [0.15, 0.2) is 5.76 Å². The number of furan rings is 1. The largest absolute Gasteiger partial charge is 0.478 e. The minimum atomic E-state index is -3.60. The molecule has 3 rings (SSSR count). The Hall–Kier alpha value is -2.65. The van der Waals surface area contributed by atoms with Crippen LogP contribution in [0.2, 0.25) is 0 Å². The fraction of sp³-hybridized carbons (Fsp3) is 0.333. The van der Waals surface area contributed by atoms with E-state index in [2.05, 4.69) is 0 Å². The zero-order valence-corrected chi connectivity index (χ0v) is 15.6. The molecule has 1 aliphatic heterocycles. The topological polar surface area (TPSA) is 108 Å². The van der Waals surface area contributed by atoms with E-state index < -0.39 is 21.9 Å². The van der Waals surface area contributed by atoms with E-state index in [4.69, 9.17) is 4.42 Å². The average molecular weight is 392 g/mol. The lowest BCUT2D eigenvalue weighted by molar-refractivity contribution is 0.0661. The molecule has 1 N–H and O–H groups in total. The third-order valence-electron chi connectivity index (χ3n) is 4.48. The number of rotatable bonds is 5. The second-order valence-corrected chi connectivity index (χ2v) is 8.05. The molecule has 0 saturated carbocycles. The number of hydrogen-bond donors (Lipinski definition) is 1. The molecule has 8 nitrogen and oxygen atoms in total. The Morgan fingerprint density at radius 1 is 1.11 bits per heavy atom. The smallest absolute Gasteiger partial charge is 0.339 e. The second-order valence-electron chi connectivity index (χ2n) is 6.12. The van der Waals surface area contributed by atoms with Crippen LogP contribution in [0.3, 0.4) is 0 Å². The molecule has 2 aromatic rings. The van der Waals surface area contributed by atoms with Crippen molar-refractivity contribution in [3.05, 3.63) is 53.5 Å². The molecule has 1 aliphatic rings. The van der Waals surface area contributed by atoms with E-state index in [1.165, 1.54) is 27.4 Å². The van der Waals surface area contributed by atoms with Crippen molar-refractivity contribution in [1.29, 1.82) is 0 Å². The van der Waals surface area contributed by atoms with Crippen LogP contribution in [0.4, 0.5) is 0 Å². The number of nitrogens with zero attached hydrogens (tertiary/aromatic N) is 2. The standard InChI is InChI=1S/C18H20N2O6S/c1-2-15-14(18(22)23)12-16(26-15)17(21)19-8-10-20(11-9-19)27(24,25)13-6-4-3-5-7-13/h3-7,12H,2,8-11H2,1H3,(H,22,23). The summed E-state index contributed by atoms with van der Waals surface area (Å²) in [6.45, 7) is 2.48. The summed E-state index contributed by atoms with van der Waals surface area (Å²) in [4.78, 5) is 25.5.